The number of aryl methyl sites for hydroxylation is 4. The SMILES string of the molecule is Cc1cc([C@H]2C3=CC[C@@H]4C(=O)N(C5CCCCC5)C(=O)[C@@H]4[C@@H]3C[C@H]3C(=O)N(c4cc(-c5sc6ccc(Cl)cc6c5C)nn4C)C(=O)[C@@]23C)cc(C)c1O. The fourth-order valence-electron chi connectivity index (χ4n) is 10.7. The van der Waals surface area contributed by atoms with Crippen LogP contribution in [0.15, 0.2) is 48.0 Å². The number of carbonyl (C=O) groups is 4. The molecule has 0 bridgehead atoms. The van der Waals surface area contributed by atoms with Gasteiger partial charge in [-0.2, -0.15) is 5.10 Å². The number of phenols is 1. The lowest BCUT2D eigenvalue weighted by molar-refractivity contribution is -0.144. The predicted molar refractivity (Wildman–Crippen MR) is 205 cm³/mol. The number of thiophene rings is 1. The van der Waals surface area contributed by atoms with Crippen molar-refractivity contribution in [2.45, 2.75) is 84.6 Å². The van der Waals surface area contributed by atoms with E-state index in [1.54, 1.807) is 28.0 Å². The van der Waals surface area contributed by atoms with Crippen molar-refractivity contribution >= 4 is 62.5 Å². The highest BCUT2D eigenvalue weighted by Gasteiger charge is 2.68. The lowest BCUT2D eigenvalue weighted by Gasteiger charge is -2.49. The molecule has 9 rings (SSSR count). The first-order chi connectivity index (χ1) is 25.3. The summed E-state index contributed by atoms with van der Waals surface area (Å²) in [6.45, 7) is 7.61. The zero-order valence-corrected chi connectivity index (χ0v) is 32.2. The summed E-state index contributed by atoms with van der Waals surface area (Å²) in [5.74, 6) is -2.93. The van der Waals surface area contributed by atoms with E-state index in [4.69, 9.17) is 16.7 Å². The van der Waals surface area contributed by atoms with E-state index in [0.717, 1.165) is 63.8 Å². The standard InChI is InChI=1S/C42H43ClN4O5S/c1-20-15-23(16-21(2)36(20)48)35-26-12-13-27-34(40(51)46(38(27)49)25-9-7-6-8-10-25)29(26)18-30-39(50)47(41(52)42(30,35)4)33-19-31(44-45(33)5)37-22(3)28-17-24(43)11-14-32(28)53-37/h11-12,14-17,19,25,27,29-30,34-35,48H,6-10,13,18H2,1-5H3/t27-,29+,30-,34-,35-,42+/m0/s1. The summed E-state index contributed by atoms with van der Waals surface area (Å²) >= 11 is 7.92. The van der Waals surface area contributed by atoms with Gasteiger partial charge in [0.15, 0.2) is 0 Å². The Kier molecular flexibility index (Phi) is 7.88. The molecule has 0 spiro atoms. The number of hydrogen-bond acceptors (Lipinski definition) is 7. The Balaban J connectivity index is 1.15. The average Bonchev–Trinajstić information content (AvgIpc) is 3.80. The number of anilines is 1. The molecule has 2 aromatic heterocycles. The molecule has 2 aliphatic heterocycles. The van der Waals surface area contributed by atoms with Gasteiger partial charge >= 0.3 is 0 Å². The molecule has 9 nitrogen and oxygen atoms in total. The van der Waals surface area contributed by atoms with Gasteiger partial charge in [-0.05, 0) is 105 Å². The summed E-state index contributed by atoms with van der Waals surface area (Å²) in [5.41, 5.74) is 3.64. The predicted octanol–water partition coefficient (Wildman–Crippen LogP) is 8.15. The van der Waals surface area contributed by atoms with Gasteiger partial charge in [-0.25, -0.2) is 4.90 Å². The first-order valence-corrected chi connectivity index (χ1v) is 20.0. The van der Waals surface area contributed by atoms with Crippen LogP contribution in [0.3, 0.4) is 0 Å². The second kappa shape index (κ2) is 12.1. The summed E-state index contributed by atoms with van der Waals surface area (Å²) in [7, 11) is 1.75. The zero-order valence-electron chi connectivity index (χ0n) is 30.6. The van der Waals surface area contributed by atoms with E-state index in [-0.39, 0.29) is 41.3 Å². The van der Waals surface area contributed by atoms with Gasteiger partial charge in [-0.1, -0.05) is 54.6 Å². The minimum absolute atomic E-state index is 0.0735. The van der Waals surface area contributed by atoms with Crippen LogP contribution in [-0.4, -0.2) is 49.5 Å². The molecule has 4 heterocycles. The molecular weight excluding hydrogens is 708 g/mol. The number of nitrogens with zero attached hydrogens (tertiary/aromatic N) is 4. The van der Waals surface area contributed by atoms with Crippen LogP contribution in [0.25, 0.3) is 20.7 Å². The maximum Gasteiger partial charge on any atom is 0.242 e. The van der Waals surface area contributed by atoms with Crippen LogP contribution in [0.1, 0.15) is 80.0 Å². The largest absolute Gasteiger partial charge is 0.507 e. The number of likely N-dealkylation sites (tertiary alicyclic amines) is 1. The Morgan fingerprint density at radius 3 is 2.36 bits per heavy atom. The molecule has 2 aromatic carbocycles. The molecular formula is C42H43ClN4O5S. The van der Waals surface area contributed by atoms with Gasteiger partial charge in [0, 0.05) is 34.8 Å². The Bertz CT molecular complexity index is 2300. The van der Waals surface area contributed by atoms with Crippen LogP contribution in [0.4, 0.5) is 5.82 Å². The van der Waals surface area contributed by atoms with E-state index >= 15 is 4.79 Å². The minimum Gasteiger partial charge on any atom is -0.507 e. The number of halogens is 1. The van der Waals surface area contributed by atoms with Crippen molar-refractivity contribution in [1.82, 2.24) is 14.7 Å². The topological polar surface area (TPSA) is 113 Å². The normalized spacial score (nSPS) is 28.9. The number of allylic oxidation sites excluding steroid dienone is 2. The number of fused-ring (bicyclic) bond motifs is 5. The molecule has 0 unspecified atom stereocenters. The molecule has 4 amide bonds. The van der Waals surface area contributed by atoms with E-state index in [0.29, 0.717) is 40.5 Å². The molecule has 5 aliphatic rings. The second-order valence-electron chi connectivity index (χ2n) is 16.2. The van der Waals surface area contributed by atoms with Crippen molar-refractivity contribution in [1.29, 1.82) is 0 Å². The fraction of sp³-hybridized carbons (Fsp3) is 0.452. The summed E-state index contributed by atoms with van der Waals surface area (Å²) in [4.78, 5) is 62.4. The van der Waals surface area contributed by atoms with Crippen molar-refractivity contribution in [3.8, 4) is 16.3 Å². The first-order valence-electron chi connectivity index (χ1n) is 18.8. The molecule has 0 radical (unpaired) electrons. The third kappa shape index (κ3) is 4.83. The average molecular weight is 751 g/mol. The number of phenolic OH excluding ortho intramolecular Hbond substituents is 1. The van der Waals surface area contributed by atoms with Crippen molar-refractivity contribution in [3.05, 3.63) is 75.3 Å². The molecule has 4 aromatic rings. The highest BCUT2D eigenvalue weighted by Crippen LogP contribution is 2.64. The number of rotatable bonds is 4. The molecule has 6 atom stereocenters. The minimum atomic E-state index is -1.19. The number of hydrogen-bond donors (Lipinski definition) is 1. The number of amides is 4. The van der Waals surface area contributed by atoms with Crippen molar-refractivity contribution < 1.29 is 24.3 Å². The van der Waals surface area contributed by atoms with Crippen molar-refractivity contribution in [2.24, 2.45) is 36.1 Å². The first kappa shape index (κ1) is 34.5. The Morgan fingerprint density at radius 2 is 1.64 bits per heavy atom. The third-order valence-corrected chi connectivity index (χ3v) is 14.8. The molecule has 2 saturated carbocycles. The number of aromatic hydroxyl groups is 1. The summed E-state index contributed by atoms with van der Waals surface area (Å²) in [6, 6.07) is 11.4. The third-order valence-electron chi connectivity index (χ3n) is 13.3. The second-order valence-corrected chi connectivity index (χ2v) is 17.7. The Labute approximate surface area is 317 Å². The quantitative estimate of drug-likeness (QED) is 0.167. The van der Waals surface area contributed by atoms with Crippen LogP contribution in [0, 0.1) is 49.9 Å². The van der Waals surface area contributed by atoms with Gasteiger partial charge in [0.2, 0.25) is 23.6 Å². The van der Waals surface area contributed by atoms with E-state index in [1.165, 1.54) is 4.90 Å². The Morgan fingerprint density at radius 1 is 0.925 bits per heavy atom. The maximum atomic E-state index is 15.2. The maximum absolute atomic E-state index is 15.2. The molecule has 4 fully saturated rings. The van der Waals surface area contributed by atoms with E-state index in [9.17, 15) is 19.5 Å². The van der Waals surface area contributed by atoms with Gasteiger partial charge in [-0.15, -0.1) is 11.3 Å². The van der Waals surface area contributed by atoms with Crippen molar-refractivity contribution in [2.75, 3.05) is 4.90 Å². The van der Waals surface area contributed by atoms with Gasteiger partial charge in [0.05, 0.1) is 28.0 Å². The molecule has 2 saturated heterocycles. The van der Waals surface area contributed by atoms with Crippen molar-refractivity contribution in [3.63, 3.8) is 0 Å². The smallest absolute Gasteiger partial charge is 0.242 e. The van der Waals surface area contributed by atoms with E-state index < -0.39 is 29.1 Å². The molecule has 11 heteroatoms. The van der Waals surface area contributed by atoms with Crippen LogP contribution in [-0.2, 0) is 26.2 Å². The lowest BCUT2D eigenvalue weighted by atomic mass is 9.51. The van der Waals surface area contributed by atoms with Crippen LogP contribution in [0.2, 0.25) is 5.02 Å². The van der Waals surface area contributed by atoms with Gasteiger partial charge in [0.25, 0.3) is 0 Å². The molecule has 3 aliphatic carbocycles. The summed E-state index contributed by atoms with van der Waals surface area (Å²) in [6.07, 6.45) is 7.62. The highest BCUT2D eigenvalue weighted by atomic mass is 35.5. The van der Waals surface area contributed by atoms with Crippen LogP contribution < -0.4 is 4.90 Å². The van der Waals surface area contributed by atoms with Crippen LogP contribution in [0.5, 0.6) is 5.75 Å². The summed E-state index contributed by atoms with van der Waals surface area (Å²) < 4.78 is 2.68. The van der Waals surface area contributed by atoms with E-state index in [1.807, 2.05) is 64.1 Å². The number of aromatic nitrogens is 2. The summed E-state index contributed by atoms with van der Waals surface area (Å²) in [5, 5.41) is 17.3. The monoisotopic (exact) mass is 750 g/mol. The lowest BCUT2D eigenvalue weighted by Crippen LogP contribution is -2.49. The number of carbonyl (C=O) groups excluding carboxylic acids is 4. The molecule has 274 valence electrons. The number of imide groups is 2. The molecule has 1 N–H and O–H groups in total. The highest BCUT2D eigenvalue weighted by molar-refractivity contribution is 7.22. The zero-order chi connectivity index (χ0) is 37.2. The van der Waals surface area contributed by atoms with Gasteiger partial charge < -0.3 is 5.11 Å². The van der Waals surface area contributed by atoms with Gasteiger partial charge in [-0.3, -0.25) is 28.8 Å². The van der Waals surface area contributed by atoms with Gasteiger partial charge in [0.1, 0.15) is 17.3 Å². The van der Waals surface area contributed by atoms with Crippen LogP contribution >= 0.6 is 22.9 Å². The number of benzene rings is 2. The Hall–Kier alpha value is -4.28. The molecule has 53 heavy (non-hydrogen) atoms. The fourth-order valence-corrected chi connectivity index (χ4v) is 12.0. The van der Waals surface area contributed by atoms with E-state index in [2.05, 4.69) is 6.08 Å².